The standard InChI is InChI=1S/C15H16N6/c1-9-12-13(16)18-14(10-5-7-17-8-6-10)19-15(12)21(20-9)11-3-2-4-11/h5-8,11H,2-4H2,1H3,(H2,16,18,19). The normalized spacial score (nSPS) is 15.3. The molecule has 0 aliphatic heterocycles. The summed E-state index contributed by atoms with van der Waals surface area (Å²) in [4.78, 5) is 13.2. The van der Waals surface area contributed by atoms with Gasteiger partial charge in [0.25, 0.3) is 0 Å². The predicted molar refractivity (Wildman–Crippen MR) is 80.6 cm³/mol. The van der Waals surface area contributed by atoms with E-state index >= 15 is 0 Å². The van der Waals surface area contributed by atoms with Crippen LogP contribution in [0, 0.1) is 6.92 Å². The molecule has 0 spiro atoms. The molecule has 0 saturated heterocycles. The number of nitrogens with two attached hydrogens (primary N) is 1. The van der Waals surface area contributed by atoms with Crippen molar-refractivity contribution in [3.63, 3.8) is 0 Å². The maximum absolute atomic E-state index is 6.15. The van der Waals surface area contributed by atoms with E-state index in [0.717, 1.165) is 35.1 Å². The lowest BCUT2D eigenvalue weighted by atomic mass is 9.93. The van der Waals surface area contributed by atoms with Crippen LogP contribution < -0.4 is 5.73 Å². The van der Waals surface area contributed by atoms with Gasteiger partial charge in [0.15, 0.2) is 11.5 Å². The zero-order valence-corrected chi connectivity index (χ0v) is 11.8. The highest BCUT2D eigenvalue weighted by atomic mass is 15.3. The third-order valence-electron chi connectivity index (χ3n) is 4.11. The Morgan fingerprint density at radius 2 is 1.95 bits per heavy atom. The highest BCUT2D eigenvalue weighted by molar-refractivity contribution is 5.89. The summed E-state index contributed by atoms with van der Waals surface area (Å²) in [5.74, 6) is 1.12. The maximum atomic E-state index is 6.15. The van der Waals surface area contributed by atoms with Crippen molar-refractivity contribution >= 4 is 16.9 Å². The molecule has 6 nitrogen and oxygen atoms in total. The molecule has 3 aromatic heterocycles. The number of rotatable bonds is 2. The summed E-state index contributed by atoms with van der Waals surface area (Å²) in [6.07, 6.45) is 7.03. The Kier molecular flexibility index (Phi) is 2.63. The van der Waals surface area contributed by atoms with E-state index in [1.54, 1.807) is 12.4 Å². The van der Waals surface area contributed by atoms with Gasteiger partial charge in [0.1, 0.15) is 5.82 Å². The van der Waals surface area contributed by atoms with Crippen LogP contribution in [0.4, 0.5) is 5.82 Å². The number of hydrogen-bond donors (Lipinski definition) is 1. The topological polar surface area (TPSA) is 82.5 Å². The fraction of sp³-hybridized carbons (Fsp3) is 0.333. The van der Waals surface area contributed by atoms with Gasteiger partial charge in [-0.2, -0.15) is 5.10 Å². The van der Waals surface area contributed by atoms with E-state index in [-0.39, 0.29) is 0 Å². The van der Waals surface area contributed by atoms with Crippen LogP contribution >= 0.6 is 0 Å². The lowest BCUT2D eigenvalue weighted by molar-refractivity contribution is 0.295. The van der Waals surface area contributed by atoms with Crippen LogP contribution in [-0.2, 0) is 0 Å². The first-order chi connectivity index (χ1) is 10.2. The van der Waals surface area contributed by atoms with Gasteiger partial charge in [-0.3, -0.25) is 4.98 Å². The number of pyridine rings is 1. The van der Waals surface area contributed by atoms with Gasteiger partial charge in [-0.25, -0.2) is 14.6 Å². The van der Waals surface area contributed by atoms with E-state index in [1.165, 1.54) is 6.42 Å². The van der Waals surface area contributed by atoms with E-state index < -0.39 is 0 Å². The quantitative estimate of drug-likeness (QED) is 0.779. The first kappa shape index (κ1) is 12.3. The molecule has 0 bridgehead atoms. The van der Waals surface area contributed by atoms with Gasteiger partial charge in [0.2, 0.25) is 0 Å². The molecule has 6 heteroatoms. The summed E-state index contributed by atoms with van der Waals surface area (Å²) in [6, 6.07) is 4.22. The number of fused-ring (bicyclic) bond motifs is 1. The Morgan fingerprint density at radius 1 is 1.19 bits per heavy atom. The average molecular weight is 280 g/mol. The molecule has 1 aliphatic carbocycles. The Hall–Kier alpha value is -2.50. The molecule has 3 aromatic rings. The second-order valence-corrected chi connectivity index (χ2v) is 5.48. The number of aromatic nitrogens is 5. The molecular weight excluding hydrogens is 264 g/mol. The van der Waals surface area contributed by atoms with Crippen LogP contribution in [0.15, 0.2) is 24.5 Å². The molecule has 0 atom stereocenters. The molecular formula is C15H16N6. The lowest BCUT2D eigenvalue weighted by Crippen LogP contribution is -2.18. The van der Waals surface area contributed by atoms with Crippen molar-refractivity contribution in [2.24, 2.45) is 0 Å². The molecule has 106 valence electrons. The van der Waals surface area contributed by atoms with Crippen LogP contribution in [0.25, 0.3) is 22.4 Å². The van der Waals surface area contributed by atoms with E-state index in [0.29, 0.717) is 17.7 Å². The minimum absolute atomic E-state index is 0.445. The molecule has 0 aromatic carbocycles. The van der Waals surface area contributed by atoms with E-state index in [1.807, 2.05) is 23.7 Å². The fourth-order valence-electron chi connectivity index (χ4n) is 2.75. The molecule has 1 aliphatic rings. The molecule has 1 saturated carbocycles. The molecule has 0 radical (unpaired) electrons. The Bertz CT molecular complexity index is 804. The van der Waals surface area contributed by atoms with Crippen molar-refractivity contribution < 1.29 is 0 Å². The van der Waals surface area contributed by atoms with Gasteiger partial charge < -0.3 is 5.73 Å². The van der Waals surface area contributed by atoms with E-state index in [4.69, 9.17) is 10.7 Å². The van der Waals surface area contributed by atoms with Crippen LogP contribution in [-0.4, -0.2) is 24.7 Å². The largest absolute Gasteiger partial charge is 0.383 e. The van der Waals surface area contributed by atoms with Crippen LogP contribution in [0.5, 0.6) is 0 Å². The van der Waals surface area contributed by atoms with Gasteiger partial charge in [-0.15, -0.1) is 0 Å². The van der Waals surface area contributed by atoms with Gasteiger partial charge in [0.05, 0.1) is 17.1 Å². The fourth-order valence-corrected chi connectivity index (χ4v) is 2.75. The first-order valence-electron chi connectivity index (χ1n) is 7.17. The van der Waals surface area contributed by atoms with E-state index in [9.17, 15) is 0 Å². The SMILES string of the molecule is Cc1nn(C2CCC2)c2nc(-c3ccncc3)nc(N)c12. The molecule has 0 unspecified atom stereocenters. The number of aryl methyl sites for hydroxylation is 1. The second-order valence-electron chi connectivity index (χ2n) is 5.48. The van der Waals surface area contributed by atoms with Crippen molar-refractivity contribution in [1.29, 1.82) is 0 Å². The third-order valence-corrected chi connectivity index (χ3v) is 4.11. The minimum Gasteiger partial charge on any atom is -0.383 e. The van der Waals surface area contributed by atoms with Crippen molar-refractivity contribution in [2.75, 3.05) is 5.73 Å². The number of hydrogen-bond acceptors (Lipinski definition) is 5. The summed E-state index contributed by atoms with van der Waals surface area (Å²) < 4.78 is 2.02. The first-order valence-corrected chi connectivity index (χ1v) is 7.17. The number of nitrogen functional groups attached to an aromatic ring is 1. The van der Waals surface area contributed by atoms with Gasteiger partial charge in [-0.1, -0.05) is 0 Å². The van der Waals surface area contributed by atoms with Crippen molar-refractivity contribution in [2.45, 2.75) is 32.2 Å². The van der Waals surface area contributed by atoms with Crippen LogP contribution in [0.2, 0.25) is 0 Å². The Labute approximate surface area is 122 Å². The number of nitrogens with zero attached hydrogens (tertiary/aromatic N) is 5. The molecule has 0 amide bonds. The molecule has 3 heterocycles. The van der Waals surface area contributed by atoms with Crippen molar-refractivity contribution in [1.82, 2.24) is 24.7 Å². The monoisotopic (exact) mass is 280 g/mol. The molecule has 2 N–H and O–H groups in total. The summed E-state index contributed by atoms with van der Waals surface area (Å²) in [5, 5.41) is 5.50. The van der Waals surface area contributed by atoms with Crippen LogP contribution in [0.3, 0.4) is 0 Å². The van der Waals surface area contributed by atoms with Crippen molar-refractivity contribution in [3.05, 3.63) is 30.2 Å². The van der Waals surface area contributed by atoms with Gasteiger partial charge >= 0.3 is 0 Å². The smallest absolute Gasteiger partial charge is 0.164 e. The molecule has 21 heavy (non-hydrogen) atoms. The third kappa shape index (κ3) is 1.86. The average Bonchev–Trinajstić information content (AvgIpc) is 2.75. The summed E-state index contributed by atoms with van der Waals surface area (Å²) in [7, 11) is 0. The summed E-state index contributed by atoms with van der Waals surface area (Å²) in [6.45, 7) is 1.96. The Balaban J connectivity index is 1.95. The Morgan fingerprint density at radius 3 is 2.62 bits per heavy atom. The number of anilines is 1. The summed E-state index contributed by atoms with van der Waals surface area (Å²) in [5.41, 5.74) is 8.81. The predicted octanol–water partition coefficient (Wildman–Crippen LogP) is 2.50. The minimum atomic E-state index is 0.445. The lowest BCUT2D eigenvalue weighted by Gasteiger charge is -2.25. The molecule has 4 rings (SSSR count). The highest BCUT2D eigenvalue weighted by Gasteiger charge is 2.25. The molecule has 1 fully saturated rings. The maximum Gasteiger partial charge on any atom is 0.164 e. The van der Waals surface area contributed by atoms with Gasteiger partial charge in [-0.05, 0) is 38.3 Å². The highest BCUT2D eigenvalue weighted by Crippen LogP contribution is 2.35. The zero-order valence-electron chi connectivity index (χ0n) is 11.8. The zero-order chi connectivity index (χ0) is 14.4. The van der Waals surface area contributed by atoms with Crippen molar-refractivity contribution in [3.8, 4) is 11.4 Å². The van der Waals surface area contributed by atoms with Gasteiger partial charge in [0, 0.05) is 18.0 Å². The van der Waals surface area contributed by atoms with E-state index in [2.05, 4.69) is 15.1 Å². The summed E-state index contributed by atoms with van der Waals surface area (Å²) >= 11 is 0. The van der Waals surface area contributed by atoms with Crippen LogP contribution in [0.1, 0.15) is 31.0 Å². The second kappa shape index (κ2) is 4.51.